The van der Waals surface area contributed by atoms with E-state index in [1.54, 1.807) is 5.56 Å². The quantitative estimate of drug-likeness (QED) is 0.124. The van der Waals surface area contributed by atoms with E-state index in [2.05, 4.69) is 166 Å². The Morgan fingerprint density at radius 2 is 1.08 bits per heavy atom. The Balaban J connectivity index is 0.000000150. The number of aryl methyl sites for hydroxylation is 2. The van der Waals surface area contributed by atoms with Crippen LogP contribution < -0.4 is 0 Å². The average Bonchev–Trinajstić information content (AvgIpc) is 3.72. The first-order valence-electron chi connectivity index (χ1n) is 17.3. The van der Waals surface area contributed by atoms with Crippen LogP contribution in [0.2, 0.25) is 13.1 Å². The van der Waals surface area contributed by atoms with Crippen molar-refractivity contribution in [2.24, 2.45) is 0 Å². The van der Waals surface area contributed by atoms with Crippen LogP contribution >= 0.6 is 17.0 Å². The average molecular weight is 785 g/mol. The summed E-state index contributed by atoms with van der Waals surface area (Å²) in [6.07, 6.45) is 4.11. The van der Waals surface area contributed by atoms with Crippen LogP contribution in [0.3, 0.4) is 0 Å². The van der Waals surface area contributed by atoms with E-state index in [1.165, 1.54) is 95.7 Å². The normalized spacial score (nSPS) is 12.3. The third-order valence-corrected chi connectivity index (χ3v) is 9.76. The second-order valence-electron chi connectivity index (χ2n) is 13.1. The third-order valence-electron chi connectivity index (χ3n) is 9.76. The van der Waals surface area contributed by atoms with E-state index in [9.17, 15) is 0 Å². The van der Waals surface area contributed by atoms with Crippen LogP contribution in [0.4, 0.5) is 0 Å². The molecule has 9 rings (SSSR count). The predicted octanol–water partition coefficient (Wildman–Crippen LogP) is 14.8. The van der Waals surface area contributed by atoms with Gasteiger partial charge in [0.25, 0.3) is 0 Å². The Hall–Kier alpha value is -3.26. The van der Waals surface area contributed by atoms with E-state index in [0.717, 1.165) is 15.4 Å². The molecule has 2 radical (unpaired) electrons. The van der Waals surface area contributed by atoms with Crippen molar-refractivity contribution in [3.63, 3.8) is 0 Å². The molecule has 1 aliphatic rings. The van der Waals surface area contributed by atoms with E-state index >= 15 is 0 Å². The van der Waals surface area contributed by atoms with Crippen LogP contribution in [0.15, 0.2) is 140 Å². The SMILES string of the molecule is C[Si]C.Cc1cc2c(-c3cccc4ccccc34)ccc(C)c2[cH-]1.[Cl][Zr+2][Cl].c1ccc2c(-c3cccc4[cH-]c(C5CCC5)cc34)cccc2c1. The molecule has 4 heteroatoms. The maximum absolute atomic E-state index is 4.93. The molecule has 0 heterocycles. The fourth-order valence-electron chi connectivity index (χ4n) is 7.21. The monoisotopic (exact) mass is 782 g/mol. The summed E-state index contributed by atoms with van der Waals surface area (Å²) in [5.41, 5.74) is 9.59. The Morgan fingerprint density at radius 3 is 1.64 bits per heavy atom. The van der Waals surface area contributed by atoms with E-state index < -0.39 is 20.8 Å². The number of hydrogen-bond acceptors (Lipinski definition) is 0. The van der Waals surface area contributed by atoms with Crippen molar-refractivity contribution in [3.05, 3.63) is 156 Å². The fourth-order valence-corrected chi connectivity index (χ4v) is 7.21. The van der Waals surface area contributed by atoms with Crippen LogP contribution in [-0.4, -0.2) is 9.52 Å². The van der Waals surface area contributed by atoms with Gasteiger partial charge in [0.2, 0.25) is 0 Å². The van der Waals surface area contributed by atoms with Gasteiger partial charge in [-0.05, 0) is 51.4 Å². The van der Waals surface area contributed by atoms with Crippen LogP contribution in [-0.2, 0) is 20.8 Å². The Kier molecular flexibility index (Phi) is 12.6. The first kappa shape index (κ1) is 36.5. The molecular weight excluding hydrogens is 743 g/mol. The number of fused-ring (bicyclic) bond motifs is 4. The van der Waals surface area contributed by atoms with Crippen LogP contribution in [0.25, 0.3) is 65.3 Å². The first-order valence-corrected chi connectivity index (χ1v) is 25.7. The van der Waals surface area contributed by atoms with Gasteiger partial charge in [-0.3, -0.25) is 0 Å². The van der Waals surface area contributed by atoms with Gasteiger partial charge in [0.15, 0.2) is 0 Å². The smallest absolute Gasteiger partial charge is 0.0114 e. The summed E-state index contributed by atoms with van der Waals surface area (Å²) in [5.74, 6) is 0.794. The van der Waals surface area contributed by atoms with Gasteiger partial charge >= 0.3 is 37.9 Å². The second kappa shape index (κ2) is 17.3. The van der Waals surface area contributed by atoms with Gasteiger partial charge in [0.05, 0.1) is 0 Å². The molecule has 0 aromatic heterocycles. The molecule has 50 heavy (non-hydrogen) atoms. The van der Waals surface area contributed by atoms with Gasteiger partial charge in [-0.25, -0.2) is 0 Å². The van der Waals surface area contributed by atoms with Crippen molar-refractivity contribution in [2.75, 3.05) is 0 Å². The summed E-state index contributed by atoms with van der Waals surface area (Å²) in [4.78, 5) is 0. The second-order valence-corrected chi connectivity index (χ2v) is 17.9. The Labute approximate surface area is 318 Å². The molecule has 0 aliphatic heterocycles. The van der Waals surface area contributed by atoms with Gasteiger partial charge in [0.1, 0.15) is 0 Å². The van der Waals surface area contributed by atoms with E-state index in [0.29, 0.717) is 0 Å². The minimum atomic E-state index is -0.826. The van der Waals surface area contributed by atoms with Crippen molar-refractivity contribution in [1.82, 2.24) is 0 Å². The number of halogens is 2. The van der Waals surface area contributed by atoms with Crippen LogP contribution in [0, 0.1) is 13.8 Å². The first-order chi connectivity index (χ1) is 24.5. The van der Waals surface area contributed by atoms with Gasteiger partial charge in [-0.2, -0.15) is 12.1 Å². The molecule has 0 N–H and O–H groups in total. The number of benzene rings is 6. The molecule has 1 fully saturated rings. The Bertz CT molecular complexity index is 2330. The molecule has 0 amide bonds. The van der Waals surface area contributed by atoms with Crippen molar-refractivity contribution < 1.29 is 20.8 Å². The summed E-state index contributed by atoms with van der Waals surface area (Å²) in [6.45, 7) is 8.67. The zero-order valence-corrected chi connectivity index (χ0v) is 34.2. The van der Waals surface area contributed by atoms with E-state index in [1.807, 2.05) is 0 Å². The summed E-state index contributed by atoms with van der Waals surface area (Å²) >= 11 is -0.826. The molecular formula is C46H42Cl2SiZr. The summed E-state index contributed by atoms with van der Waals surface area (Å²) in [5, 5.41) is 10.8. The fraction of sp³-hybridized carbons (Fsp3) is 0.174. The molecule has 1 saturated carbocycles. The Morgan fingerprint density at radius 1 is 0.580 bits per heavy atom. The molecule has 1 aliphatic carbocycles. The van der Waals surface area contributed by atoms with E-state index in [-0.39, 0.29) is 0 Å². The molecule has 0 nitrogen and oxygen atoms in total. The third kappa shape index (κ3) is 7.95. The topological polar surface area (TPSA) is 0 Å². The van der Waals surface area contributed by atoms with Gasteiger partial charge < -0.3 is 0 Å². The van der Waals surface area contributed by atoms with Gasteiger partial charge in [-0.15, -0.1) is 68.6 Å². The largest absolute Gasteiger partial charge is 0.164 e. The maximum Gasteiger partial charge on any atom is -0.0114 e. The minimum Gasteiger partial charge on any atom is -0.164 e. The molecule has 8 aromatic rings. The minimum absolute atomic E-state index is 0.794. The summed E-state index contributed by atoms with van der Waals surface area (Å²) in [7, 11) is 11.0. The molecule has 0 unspecified atom stereocenters. The number of rotatable bonds is 3. The molecule has 0 spiro atoms. The van der Waals surface area contributed by atoms with Crippen molar-refractivity contribution in [3.8, 4) is 22.3 Å². The number of hydrogen-bond donors (Lipinski definition) is 0. The van der Waals surface area contributed by atoms with Gasteiger partial charge in [-0.1, -0.05) is 142 Å². The maximum atomic E-state index is 4.93. The van der Waals surface area contributed by atoms with Crippen molar-refractivity contribution >= 4 is 69.6 Å². The zero-order valence-electron chi connectivity index (χ0n) is 29.2. The summed E-state index contributed by atoms with van der Waals surface area (Å²) < 4.78 is 0. The van der Waals surface area contributed by atoms with E-state index in [4.69, 9.17) is 17.0 Å². The van der Waals surface area contributed by atoms with Gasteiger partial charge in [0, 0.05) is 9.52 Å². The molecule has 0 atom stereocenters. The molecule has 0 saturated heterocycles. The standard InChI is InChI=1S/C23H19.C21H17.C2H6Si.2ClH.Zr/c1-2-11-20-17(6-1)9-4-12-21(20)22-13-5-10-18-14-19(15-23(18)22)16-7-3-8-16;1-14-12-20-15(2)10-11-19(21(20)13-14)18-9-5-7-16-6-3-4-8-17(16)18;1-3-2;;;/h1-2,4-6,9-16H,3,7-8H2;3-13H,1-2H3;1-2H3;2*1H;/q2*-1;;;;+4/p-2. The van der Waals surface area contributed by atoms with Crippen LogP contribution in [0.5, 0.6) is 0 Å². The zero-order chi connectivity index (χ0) is 35.0. The molecule has 8 aromatic carbocycles. The molecule has 248 valence electrons. The molecule has 0 bridgehead atoms. The predicted molar refractivity (Wildman–Crippen MR) is 220 cm³/mol. The van der Waals surface area contributed by atoms with Crippen molar-refractivity contribution in [2.45, 2.75) is 52.1 Å². The van der Waals surface area contributed by atoms with Crippen molar-refractivity contribution in [1.29, 1.82) is 0 Å². The summed E-state index contributed by atoms with van der Waals surface area (Å²) in [6, 6.07) is 51.2. The van der Waals surface area contributed by atoms with Crippen LogP contribution in [0.1, 0.15) is 41.9 Å².